The van der Waals surface area contributed by atoms with Gasteiger partial charge in [0, 0.05) is 41.7 Å². The summed E-state index contributed by atoms with van der Waals surface area (Å²) in [7, 11) is 0. The standard InChI is InChI=1S/C24H22N2O4.CH2O2/c1-16(24(28)26-11-5-2-6-12-26)29-18-9-10-20-21(14-23(27)30-22(20)13-18)19-8-4-3-7-17(19)15-25;2-1-3/h3-4,7-10,13-14,16H,2,5-6,11-12H2,1H3;1H,(H,2,3). The highest BCUT2D eigenvalue weighted by Gasteiger charge is 2.23. The number of nitrogens with zero attached hydrogens (tertiary/aromatic N) is 2. The van der Waals surface area contributed by atoms with Gasteiger partial charge in [0.25, 0.3) is 12.4 Å². The van der Waals surface area contributed by atoms with E-state index in [1.54, 1.807) is 43.3 Å². The molecule has 0 bridgehead atoms. The molecule has 2 aromatic carbocycles. The number of fused-ring (bicyclic) bond motifs is 1. The van der Waals surface area contributed by atoms with Gasteiger partial charge in [-0.05, 0) is 44.4 Å². The minimum atomic E-state index is -0.630. The fourth-order valence-electron chi connectivity index (χ4n) is 3.88. The van der Waals surface area contributed by atoms with Crippen LogP contribution in [0.25, 0.3) is 22.1 Å². The Morgan fingerprint density at radius 1 is 1.15 bits per heavy atom. The maximum Gasteiger partial charge on any atom is 0.336 e. The van der Waals surface area contributed by atoms with Gasteiger partial charge in [0.15, 0.2) is 6.10 Å². The maximum absolute atomic E-state index is 12.6. The fraction of sp³-hybridized carbons (Fsp3) is 0.280. The number of nitriles is 1. The number of hydrogen-bond donors (Lipinski definition) is 1. The second-order valence-electron chi connectivity index (χ2n) is 7.55. The molecule has 1 saturated heterocycles. The van der Waals surface area contributed by atoms with Gasteiger partial charge in [0.05, 0.1) is 11.6 Å². The van der Waals surface area contributed by atoms with Crippen LogP contribution in [-0.2, 0) is 9.59 Å². The molecule has 4 rings (SSSR count). The molecule has 0 radical (unpaired) electrons. The molecule has 1 amide bonds. The number of carbonyl (C=O) groups is 2. The second-order valence-corrected chi connectivity index (χ2v) is 7.55. The summed E-state index contributed by atoms with van der Waals surface area (Å²) >= 11 is 0. The lowest BCUT2D eigenvalue weighted by molar-refractivity contribution is -0.138. The van der Waals surface area contributed by atoms with Gasteiger partial charge < -0.3 is 19.2 Å². The van der Waals surface area contributed by atoms with Crippen molar-refractivity contribution in [3.8, 4) is 22.9 Å². The average Bonchev–Trinajstić information content (AvgIpc) is 2.83. The monoisotopic (exact) mass is 448 g/mol. The van der Waals surface area contributed by atoms with Crippen LogP contribution in [0.4, 0.5) is 0 Å². The molecule has 1 N–H and O–H groups in total. The van der Waals surface area contributed by atoms with E-state index >= 15 is 0 Å². The summed E-state index contributed by atoms with van der Waals surface area (Å²) in [5, 5.41) is 17.0. The van der Waals surface area contributed by atoms with E-state index in [4.69, 9.17) is 19.1 Å². The topological polar surface area (TPSA) is 121 Å². The Morgan fingerprint density at radius 3 is 2.55 bits per heavy atom. The summed E-state index contributed by atoms with van der Waals surface area (Å²) < 4.78 is 11.2. The highest BCUT2D eigenvalue weighted by Crippen LogP contribution is 2.31. The third kappa shape index (κ3) is 5.57. The van der Waals surface area contributed by atoms with Crippen LogP contribution in [0, 0.1) is 11.3 Å². The summed E-state index contributed by atoms with van der Waals surface area (Å²) in [4.78, 5) is 35.0. The summed E-state index contributed by atoms with van der Waals surface area (Å²) in [6.45, 7) is 3.01. The number of piperidine rings is 1. The third-order valence-electron chi connectivity index (χ3n) is 5.38. The molecule has 1 aromatic heterocycles. The molecule has 1 aliphatic heterocycles. The first-order valence-electron chi connectivity index (χ1n) is 10.6. The summed E-state index contributed by atoms with van der Waals surface area (Å²) in [5.41, 5.74) is 1.60. The van der Waals surface area contributed by atoms with E-state index in [1.165, 1.54) is 6.07 Å². The number of rotatable bonds is 4. The van der Waals surface area contributed by atoms with Gasteiger partial charge in [-0.1, -0.05) is 18.2 Å². The van der Waals surface area contributed by atoms with Crippen molar-refractivity contribution in [2.24, 2.45) is 0 Å². The van der Waals surface area contributed by atoms with E-state index in [0.717, 1.165) is 32.4 Å². The van der Waals surface area contributed by atoms with E-state index in [9.17, 15) is 14.9 Å². The first kappa shape index (κ1) is 23.5. The molecule has 8 nitrogen and oxygen atoms in total. The largest absolute Gasteiger partial charge is 0.483 e. The zero-order valence-corrected chi connectivity index (χ0v) is 18.2. The van der Waals surface area contributed by atoms with Crippen LogP contribution < -0.4 is 10.4 Å². The number of hydrogen-bond acceptors (Lipinski definition) is 6. The van der Waals surface area contributed by atoms with Crippen molar-refractivity contribution in [3.05, 3.63) is 64.5 Å². The molecule has 0 spiro atoms. The van der Waals surface area contributed by atoms with E-state index < -0.39 is 11.7 Å². The van der Waals surface area contributed by atoms with Gasteiger partial charge in [0.1, 0.15) is 11.3 Å². The van der Waals surface area contributed by atoms with Crippen molar-refractivity contribution in [3.63, 3.8) is 0 Å². The molecule has 1 atom stereocenters. The van der Waals surface area contributed by atoms with Crippen molar-refractivity contribution in [1.82, 2.24) is 4.90 Å². The van der Waals surface area contributed by atoms with Crippen LogP contribution in [-0.4, -0.2) is 41.6 Å². The normalized spacial score (nSPS) is 13.9. The predicted molar refractivity (Wildman–Crippen MR) is 122 cm³/mol. The second kappa shape index (κ2) is 11.0. The first-order chi connectivity index (χ1) is 16.0. The number of carbonyl (C=O) groups excluding carboxylic acids is 1. The molecular formula is C25H24N2O6. The third-order valence-corrected chi connectivity index (χ3v) is 5.38. The van der Waals surface area contributed by atoms with Gasteiger partial charge in [-0.15, -0.1) is 0 Å². The Morgan fingerprint density at radius 2 is 1.85 bits per heavy atom. The number of carboxylic acid groups (broad SMARTS) is 1. The van der Waals surface area contributed by atoms with Gasteiger partial charge >= 0.3 is 5.63 Å². The lowest BCUT2D eigenvalue weighted by atomic mass is 9.98. The van der Waals surface area contributed by atoms with E-state index in [0.29, 0.717) is 33.4 Å². The molecular weight excluding hydrogens is 424 g/mol. The number of benzene rings is 2. The fourth-order valence-corrected chi connectivity index (χ4v) is 3.88. The number of ether oxygens (including phenoxy) is 1. The van der Waals surface area contributed by atoms with Crippen molar-refractivity contribution >= 4 is 23.3 Å². The number of amides is 1. The summed E-state index contributed by atoms with van der Waals surface area (Å²) in [6.07, 6.45) is 2.56. The van der Waals surface area contributed by atoms with Crippen LogP contribution >= 0.6 is 0 Å². The van der Waals surface area contributed by atoms with E-state index in [-0.39, 0.29) is 12.4 Å². The number of likely N-dealkylation sites (tertiary alicyclic amines) is 1. The zero-order chi connectivity index (χ0) is 23.8. The molecule has 1 unspecified atom stereocenters. The van der Waals surface area contributed by atoms with Gasteiger partial charge in [-0.25, -0.2) is 4.79 Å². The lowest BCUT2D eigenvalue weighted by Crippen LogP contribution is -2.43. The van der Waals surface area contributed by atoms with Crippen molar-refractivity contribution in [1.29, 1.82) is 5.26 Å². The van der Waals surface area contributed by atoms with Crippen LogP contribution in [0.1, 0.15) is 31.7 Å². The first-order valence-corrected chi connectivity index (χ1v) is 10.6. The summed E-state index contributed by atoms with van der Waals surface area (Å²) in [6, 6.07) is 15.8. The van der Waals surface area contributed by atoms with E-state index in [2.05, 4.69) is 6.07 Å². The quantitative estimate of drug-likeness (QED) is 0.476. The molecule has 3 aromatic rings. The van der Waals surface area contributed by atoms with Gasteiger partial charge in [-0.3, -0.25) is 9.59 Å². The maximum atomic E-state index is 12.6. The van der Waals surface area contributed by atoms with E-state index in [1.807, 2.05) is 11.0 Å². The summed E-state index contributed by atoms with van der Waals surface area (Å²) in [5.74, 6) is 0.419. The molecule has 0 aliphatic carbocycles. The zero-order valence-electron chi connectivity index (χ0n) is 18.2. The Balaban J connectivity index is 0.000000968. The van der Waals surface area contributed by atoms with Crippen molar-refractivity contribution in [2.75, 3.05) is 13.1 Å². The molecule has 170 valence electrons. The van der Waals surface area contributed by atoms with Crippen LogP contribution in [0.3, 0.4) is 0 Å². The predicted octanol–water partition coefficient (Wildman–Crippen LogP) is 3.81. The van der Waals surface area contributed by atoms with Crippen LogP contribution in [0.5, 0.6) is 5.75 Å². The Labute approximate surface area is 190 Å². The SMILES string of the molecule is CC(Oc1ccc2c(-c3ccccc3C#N)cc(=O)oc2c1)C(=O)N1CCCCC1.O=CO. The molecule has 1 fully saturated rings. The Hall–Kier alpha value is -4.12. The smallest absolute Gasteiger partial charge is 0.336 e. The van der Waals surface area contributed by atoms with Crippen LogP contribution in [0.15, 0.2) is 57.7 Å². The molecule has 2 heterocycles. The van der Waals surface area contributed by atoms with Crippen molar-refractivity contribution in [2.45, 2.75) is 32.3 Å². The Kier molecular flexibility index (Phi) is 7.82. The molecule has 0 saturated carbocycles. The Bertz CT molecular complexity index is 1240. The molecule has 8 heteroatoms. The minimum Gasteiger partial charge on any atom is -0.483 e. The highest BCUT2D eigenvalue weighted by atomic mass is 16.5. The highest BCUT2D eigenvalue weighted by molar-refractivity contribution is 5.95. The lowest BCUT2D eigenvalue weighted by Gasteiger charge is -2.29. The molecule has 1 aliphatic rings. The van der Waals surface area contributed by atoms with Gasteiger partial charge in [-0.2, -0.15) is 5.26 Å². The molecule has 33 heavy (non-hydrogen) atoms. The van der Waals surface area contributed by atoms with Gasteiger partial charge in [0.2, 0.25) is 0 Å². The van der Waals surface area contributed by atoms with Crippen molar-refractivity contribution < 1.29 is 23.8 Å². The average molecular weight is 448 g/mol. The van der Waals surface area contributed by atoms with Crippen LogP contribution in [0.2, 0.25) is 0 Å². The minimum absolute atomic E-state index is 0.0343.